The summed E-state index contributed by atoms with van der Waals surface area (Å²) in [6.45, 7) is 10.4. The fraction of sp³-hybridized carbons (Fsp3) is 0.205. The van der Waals surface area contributed by atoms with Gasteiger partial charge in [0.05, 0.1) is 5.48 Å². The molecule has 0 unspecified atom stereocenters. The summed E-state index contributed by atoms with van der Waals surface area (Å²) in [5.74, 6) is 1.39. The molecule has 3 aromatic heterocycles. The van der Waals surface area contributed by atoms with Gasteiger partial charge in [-0.25, -0.2) is 4.98 Å². The van der Waals surface area contributed by atoms with E-state index >= 15 is 0 Å². The van der Waals surface area contributed by atoms with E-state index in [0.29, 0.717) is 28.4 Å². The zero-order chi connectivity index (χ0) is 40.8. The van der Waals surface area contributed by atoms with Gasteiger partial charge in [-0.2, -0.15) is 0 Å². The van der Waals surface area contributed by atoms with Crippen molar-refractivity contribution >= 4 is 50.7 Å². The van der Waals surface area contributed by atoms with Gasteiger partial charge < -0.3 is 14.3 Å². The summed E-state index contributed by atoms with van der Waals surface area (Å²) >= 11 is 0. The zero-order valence-electron chi connectivity index (χ0n) is 36.0. The first-order chi connectivity index (χ1) is 26.8. The summed E-state index contributed by atoms with van der Waals surface area (Å²) in [5.41, 5.74) is 5.23. The van der Waals surface area contributed by atoms with E-state index in [2.05, 4.69) is 65.7 Å². The molecule has 1 aliphatic rings. The van der Waals surface area contributed by atoms with Crippen LogP contribution < -0.4 is 13.9 Å². The summed E-state index contributed by atoms with van der Waals surface area (Å²) in [6, 6.07) is 30.8. The van der Waals surface area contributed by atoms with Crippen molar-refractivity contribution < 1.29 is 35.4 Å². The van der Waals surface area contributed by atoms with Crippen LogP contribution >= 0.6 is 0 Å². The molecular weight excluding hydrogens is 810 g/mol. The minimum atomic E-state index is -2.31. The SMILES string of the molecule is [2H]c1c([2H])c([2H])c2c(c1[2H])[N+](c1[c-]c(Oc3[c-]c4c(nc3)c3ccccc3n4-c3cc(C(C)(C)C)ccn3)cc(C(C)(C)C)c1)=C=[N+]2c1ccc(C([2H])([2H])[2H])cc1.[Pt+2]. The molecule has 1 aliphatic heterocycles. The second kappa shape index (κ2) is 12.9. The van der Waals surface area contributed by atoms with Crippen LogP contribution in [-0.4, -0.2) is 20.5 Å². The number of rotatable bonds is 5. The summed E-state index contributed by atoms with van der Waals surface area (Å²) in [7, 11) is 0. The molecule has 8 rings (SSSR count). The standard InChI is InChI=1S/C44H39N5O.Pt/c1-29-16-18-32(19-17-29)47-28-48(39-15-11-10-14-38(39)47)33-22-31(44(5,6)7)23-34(25-33)50-35-26-40-42(46-27-35)36-12-8-9-13-37(36)49(40)41-24-30(20-21-45-41)43(2,3)4;/h8-24,27H,1-7H3;/q;+2/i1D3,10D,11D,14D,15D;. The van der Waals surface area contributed by atoms with Gasteiger partial charge in [-0.05, 0) is 68.6 Å². The van der Waals surface area contributed by atoms with Gasteiger partial charge in [-0.1, -0.05) is 106 Å². The minimum absolute atomic E-state index is 0. The molecule has 0 radical (unpaired) electrons. The van der Waals surface area contributed by atoms with Gasteiger partial charge in [0.2, 0.25) is 5.69 Å². The monoisotopic (exact) mass is 855 g/mol. The maximum absolute atomic E-state index is 8.99. The number of nitrogens with zero attached hydrogens (tertiary/aromatic N) is 5. The Kier molecular flexibility index (Phi) is 6.72. The van der Waals surface area contributed by atoms with Crippen molar-refractivity contribution in [2.24, 2.45) is 0 Å². The number of pyridine rings is 2. The topological polar surface area (TPSA) is 46.0 Å². The van der Waals surface area contributed by atoms with Crippen LogP contribution in [0.2, 0.25) is 0 Å². The number of hydrogen-bond acceptors (Lipinski definition) is 3. The summed E-state index contributed by atoms with van der Waals surface area (Å²) in [5, 5.41) is 0.947. The van der Waals surface area contributed by atoms with E-state index in [4.69, 9.17) is 24.3 Å². The summed E-state index contributed by atoms with van der Waals surface area (Å²) in [6.07, 6.45) is 3.44. The van der Waals surface area contributed by atoms with Gasteiger partial charge in [0.1, 0.15) is 11.5 Å². The van der Waals surface area contributed by atoms with Gasteiger partial charge in [0.25, 0.3) is 11.4 Å². The quantitative estimate of drug-likeness (QED) is 0.128. The van der Waals surface area contributed by atoms with E-state index < -0.39 is 18.9 Å². The van der Waals surface area contributed by atoms with Crippen LogP contribution in [0.15, 0.2) is 109 Å². The molecule has 51 heavy (non-hydrogen) atoms. The fourth-order valence-corrected chi connectivity index (χ4v) is 6.09. The van der Waals surface area contributed by atoms with Gasteiger partial charge in [0, 0.05) is 51.5 Å². The molecule has 0 saturated carbocycles. The van der Waals surface area contributed by atoms with Crippen molar-refractivity contribution in [1.29, 1.82) is 0 Å². The Balaban J connectivity index is 0.00000512. The molecule has 0 fully saturated rings. The molecule has 7 heteroatoms. The molecule has 0 N–H and O–H groups in total. The Morgan fingerprint density at radius 2 is 1.53 bits per heavy atom. The number of fused-ring (bicyclic) bond motifs is 4. The Morgan fingerprint density at radius 1 is 0.804 bits per heavy atom. The van der Waals surface area contributed by atoms with Crippen molar-refractivity contribution in [3.8, 4) is 17.3 Å². The molecule has 4 heterocycles. The van der Waals surface area contributed by atoms with Crippen LogP contribution in [0, 0.1) is 19.0 Å². The first kappa shape index (κ1) is 26.6. The van der Waals surface area contributed by atoms with E-state index in [1.807, 2.05) is 53.2 Å². The summed E-state index contributed by atoms with van der Waals surface area (Å²) < 4.78 is 70.0. The number of hydrogen-bond donors (Lipinski definition) is 0. The van der Waals surface area contributed by atoms with Crippen molar-refractivity contribution in [2.45, 2.75) is 59.2 Å². The summed E-state index contributed by atoms with van der Waals surface area (Å²) in [4.78, 5) is 9.62. The van der Waals surface area contributed by atoms with E-state index in [1.54, 1.807) is 22.9 Å². The predicted octanol–water partition coefficient (Wildman–Crippen LogP) is 10.7. The Bertz CT molecular complexity index is 2870. The fourth-order valence-electron chi connectivity index (χ4n) is 6.09. The molecule has 0 aliphatic carbocycles. The molecule has 0 amide bonds. The Labute approximate surface area is 323 Å². The van der Waals surface area contributed by atoms with Crippen LogP contribution in [0.4, 0.5) is 22.7 Å². The Morgan fingerprint density at radius 3 is 2.25 bits per heavy atom. The number of benzene rings is 4. The number of ether oxygens (including phenoxy) is 1. The van der Waals surface area contributed by atoms with Crippen molar-refractivity contribution in [3.63, 3.8) is 0 Å². The maximum atomic E-state index is 8.99. The maximum Gasteiger partial charge on any atom is 2.00 e. The third kappa shape index (κ3) is 6.35. The van der Waals surface area contributed by atoms with E-state index in [1.165, 1.54) is 16.7 Å². The molecule has 254 valence electrons. The van der Waals surface area contributed by atoms with Gasteiger partial charge in [0.15, 0.2) is 0 Å². The van der Waals surface area contributed by atoms with Crippen LogP contribution in [0.25, 0.3) is 27.8 Å². The van der Waals surface area contributed by atoms with Gasteiger partial charge >= 0.3 is 27.1 Å². The molecule has 7 aromatic rings. The smallest absolute Gasteiger partial charge is 0.507 e. The molecule has 6 nitrogen and oxygen atoms in total. The van der Waals surface area contributed by atoms with Crippen LogP contribution in [0.1, 0.15) is 67.8 Å². The average molecular weight is 856 g/mol. The number of para-hydroxylation sites is 3. The van der Waals surface area contributed by atoms with Gasteiger partial charge in [-0.15, -0.1) is 17.7 Å². The molecule has 0 bridgehead atoms. The van der Waals surface area contributed by atoms with Crippen LogP contribution in [0.5, 0.6) is 11.5 Å². The van der Waals surface area contributed by atoms with E-state index in [0.717, 1.165) is 33.4 Å². The van der Waals surface area contributed by atoms with Crippen molar-refractivity contribution in [3.05, 3.63) is 138 Å². The molecule has 4 aromatic carbocycles. The van der Waals surface area contributed by atoms with Crippen LogP contribution in [0.3, 0.4) is 0 Å². The average Bonchev–Trinajstić information content (AvgIpc) is 3.72. The molecular formula is C44H39N5OPt+2. The minimum Gasteiger partial charge on any atom is -0.507 e. The third-order valence-corrected chi connectivity index (χ3v) is 8.82. The second-order valence-electron chi connectivity index (χ2n) is 14.4. The molecule has 0 atom stereocenters. The third-order valence-electron chi connectivity index (χ3n) is 8.82. The van der Waals surface area contributed by atoms with Crippen LogP contribution in [-0.2, 0) is 31.9 Å². The first-order valence-corrected chi connectivity index (χ1v) is 16.4. The van der Waals surface area contributed by atoms with Gasteiger partial charge in [-0.3, -0.25) is 0 Å². The second-order valence-corrected chi connectivity index (χ2v) is 14.4. The largest absolute Gasteiger partial charge is 2.00 e. The molecule has 0 saturated heterocycles. The van der Waals surface area contributed by atoms with Crippen molar-refractivity contribution in [1.82, 2.24) is 23.7 Å². The number of aryl methyl sites for hydroxylation is 1. The van der Waals surface area contributed by atoms with E-state index in [-0.39, 0.29) is 60.9 Å². The van der Waals surface area contributed by atoms with Crippen molar-refractivity contribution in [2.75, 3.05) is 0 Å². The zero-order valence-corrected chi connectivity index (χ0v) is 31.3. The number of aromatic nitrogens is 3. The Hall–Kier alpha value is -5.15. The first-order valence-electron chi connectivity index (χ1n) is 19.9. The van der Waals surface area contributed by atoms with E-state index in [9.17, 15) is 0 Å². The molecule has 0 spiro atoms. The normalized spacial score (nSPS) is 15.0. The predicted molar refractivity (Wildman–Crippen MR) is 203 cm³/mol.